The van der Waals surface area contributed by atoms with Gasteiger partial charge in [0, 0.05) is 13.6 Å². The summed E-state index contributed by atoms with van der Waals surface area (Å²) >= 11 is 5.98. The Balaban J connectivity index is 2.24. The zero-order chi connectivity index (χ0) is 15.1. The van der Waals surface area contributed by atoms with Crippen LogP contribution in [0.4, 0.5) is 0 Å². The van der Waals surface area contributed by atoms with Crippen molar-refractivity contribution in [2.75, 3.05) is 13.6 Å². The highest BCUT2D eigenvalue weighted by Gasteiger charge is 2.34. The average Bonchev–Trinajstić information content (AvgIpc) is 3.03. The smallest absolute Gasteiger partial charge is 0.255 e. The minimum atomic E-state index is -3.85. The first-order valence-electron chi connectivity index (χ1n) is 6.28. The molecule has 0 spiro atoms. The normalized spacial score (nSPS) is 21.6. The highest BCUT2D eigenvalue weighted by molar-refractivity contribution is 7.89. The molecule has 20 heavy (non-hydrogen) atoms. The maximum atomic E-state index is 12.3. The number of primary sulfonamides is 1. The molecule has 2 N–H and O–H groups in total. The van der Waals surface area contributed by atoms with E-state index in [9.17, 15) is 13.2 Å². The monoisotopic (exact) mass is 316 g/mol. The predicted octanol–water partition coefficient (Wildman–Crippen LogP) is 1.72. The molecule has 0 heterocycles. The van der Waals surface area contributed by atoms with Gasteiger partial charge in [-0.05, 0) is 36.5 Å². The van der Waals surface area contributed by atoms with Crippen LogP contribution in [0, 0.1) is 11.8 Å². The van der Waals surface area contributed by atoms with Crippen molar-refractivity contribution in [3.05, 3.63) is 28.8 Å². The summed E-state index contributed by atoms with van der Waals surface area (Å²) in [5.41, 5.74) is 0.161. The summed E-state index contributed by atoms with van der Waals surface area (Å²) in [7, 11) is -2.16. The zero-order valence-electron chi connectivity index (χ0n) is 11.3. The number of amides is 1. The van der Waals surface area contributed by atoms with Gasteiger partial charge in [-0.1, -0.05) is 18.5 Å². The van der Waals surface area contributed by atoms with E-state index in [1.165, 1.54) is 18.2 Å². The van der Waals surface area contributed by atoms with Gasteiger partial charge in [-0.3, -0.25) is 4.79 Å². The van der Waals surface area contributed by atoms with Crippen LogP contribution in [0.15, 0.2) is 23.1 Å². The zero-order valence-corrected chi connectivity index (χ0v) is 12.9. The number of carbonyl (C=O) groups is 1. The van der Waals surface area contributed by atoms with Gasteiger partial charge in [0.15, 0.2) is 0 Å². The largest absolute Gasteiger partial charge is 0.341 e. The molecule has 1 saturated carbocycles. The maximum Gasteiger partial charge on any atom is 0.255 e. The van der Waals surface area contributed by atoms with E-state index >= 15 is 0 Å². The molecule has 1 amide bonds. The van der Waals surface area contributed by atoms with Crippen LogP contribution < -0.4 is 5.14 Å². The molecule has 1 aliphatic carbocycles. The van der Waals surface area contributed by atoms with E-state index in [4.69, 9.17) is 16.7 Å². The number of benzene rings is 1. The minimum Gasteiger partial charge on any atom is -0.341 e. The second-order valence-corrected chi connectivity index (χ2v) is 7.31. The van der Waals surface area contributed by atoms with Crippen LogP contribution in [0.2, 0.25) is 5.02 Å². The molecule has 1 fully saturated rings. The minimum absolute atomic E-state index is 0.113. The van der Waals surface area contributed by atoms with Crippen molar-refractivity contribution >= 4 is 27.5 Å². The number of nitrogens with zero attached hydrogens (tertiary/aromatic N) is 1. The van der Waals surface area contributed by atoms with Crippen molar-refractivity contribution < 1.29 is 13.2 Å². The van der Waals surface area contributed by atoms with E-state index < -0.39 is 10.0 Å². The fourth-order valence-corrected chi connectivity index (χ4v) is 2.88. The fourth-order valence-electron chi connectivity index (χ4n) is 2.14. The molecule has 7 heteroatoms. The summed E-state index contributed by atoms with van der Waals surface area (Å²) in [5, 5.41) is 5.29. The quantitative estimate of drug-likeness (QED) is 0.918. The second-order valence-electron chi connectivity index (χ2n) is 5.35. The Kier molecular flexibility index (Phi) is 4.09. The van der Waals surface area contributed by atoms with Crippen molar-refractivity contribution in [3.8, 4) is 0 Å². The molecule has 2 unspecified atom stereocenters. The van der Waals surface area contributed by atoms with Crippen molar-refractivity contribution in [2.45, 2.75) is 18.2 Å². The molecular weight excluding hydrogens is 300 g/mol. The summed E-state index contributed by atoms with van der Waals surface area (Å²) < 4.78 is 22.7. The fraction of sp³-hybridized carbons (Fsp3) is 0.462. The van der Waals surface area contributed by atoms with Gasteiger partial charge in [-0.15, -0.1) is 0 Å². The molecule has 0 bridgehead atoms. The van der Waals surface area contributed by atoms with E-state index in [0.717, 1.165) is 6.42 Å². The first-order chi connectivity index (χ1) is 9.20. The molecule has 110 valence electrons. The number of rotatable bonds is 4. The van der Waals surface area contributed by atoms with E-state index in [0.29, 0.717) is 18.4 Å². The molecule has 0 aromatic heterocycles. The van der Waals surface area contributed by atoms with Gasteiger partial charge in [0.25, 0.3) is 5.91 Å². The predicted molar refractivity (Wildman–Crippen MR) is 77.1 cm³/mol. The summed E-state index contributed by atoms with van der Waals surface area (Å²) in [6.45, 7) is 2.79. The van der Waals surface area contributed by atoms with Gasteiger partial charge in [-0.2, -0.15) is 0 Å². The first kappa shape index (κ1) is 15.3. The van der Waals surface area contributed by atoms with Gasteiger partial charge >= 0.3 is 0 Å². The molecule has 2 rings (SSSR count). The van der Waals surface area contributed by atoms with Crippen molar-refractivity contribution in [1.82, 2.24) is 4.90 Å². The molecule has 0 aliphatic heterocycles. The first-order valence-corrected chi connectivity index (χ1v) is 8.20. The molecule has 1 aromatic rings. The third-order valence-electron chi connectivity index (χ3n) is 3.63. The Bertz CT molecular complexity index is 645. The van der Waals surface area contributed by atoms with Gasteiger partial charge in [0.05, 0.1) is 15.5 Å². The molecule has 1 aliphatic rings. The molecule has 0 radical (unpaired) electrons. The highest BCUT2D eigenvalue weighted by Crippen LogP contribution is 2.38. The number of halogens is 1. The number of nitrogens with two attached hydrogens (primary N) is 1. The van der Waals surface area contributed by atoms with Crippen LogP contribution in [-0.2, 0) is 10.0 Å². The Morgan fingerprint density at radius 3 is 2.60 bits per heavy atom. The number of sulfonamides is 1. The average molecular weight is 317 g/mol. The van der Waals surface area contributed by atoms with Crippen molar-refractivity contribution in [3.63, 3.8) is 0 Å². The van der Waals surface area contributed by atoms with Crippen LogP contribution in [0.5, 0.6) is 0 Å². The topological polar surface area (TPSA) is 80.5 Å². The van der Waals surface area contributed by atoms with E-state index in [-0.39, 0.29) is 21.4 Å². The van der Waals surface area contributed by atoms with E-state index in [1.807, 2.05) is 0 Å². The Hall–Kier alpha value is -1.11. The van der Waals surface area contributed by atoms with Gasteiger partial charge < -0.3 is 4.90 Å². The summed E-state index contributed by atoms with van der Waals surface area (Å²) in [4.78, 5) is 13.8. The molecular formula is C13H17ClN2O3S. The third kappa shape index (κ3) is 3.31. The van der Waals surface area contributed by atoms with Gasteiger partial charge in [0.2, 0.25) is 10.0 Å². The summed E-state index contributed by atoms with van der Waals surface area (Å²) in [6.07, 6.45) is 1.11. The lowest BCUT2D eigenvalue weighted by Gasteiger charge is -2.18. The second kappa shape index (κ2) is 5.35. The standard InChI is InChI=1S/C13H17ClN2O3S/c1-8-5-9(8)7-16(2)13(17)11-6-10(20(15,18)19)3-4-12(11)14/h3-4,6,8-9H,5,7H2,1-2H3,(H2,15,18,19). The highest BCUT2D eigenvalue weighted by atomic mass is 35.5. The van der Waals surface area contributed by atoms with Crippen LogP contribution in [0.3, 0.4) is 0 Å². The lowest BCUT2D eigenvalue weighted by atomic mass is 10.2. The number of hydrogen-bond donors (Lipinski definition) is 1. The number of carbonyl (C=O) groups excluding carboxylic acids is 1. The van der Waals surface area contributed by atoms with Crippen LogP contribution in [0.25, 0.3) is 0 Å². The van der Waals surface area contributed by atoms with Crippen LogP contribution in [-0.4, -0.2) is 32.8 Å². The maximum absolute atomic E-state index is 12.3. The molecule has 0 saturated heterocycles. The Labute approximate surface area is 123 Å². The molecule has 1 aromatic carbocycles. The van der Waals surface area contributed by atoms with Crippen LogP contribution in [0.1, 0.15) is 23.7 Å². The summed E-state index contributed by atoms with van der Waals surface area (Å²) in [5.74, 6) is 0.861. The Morgan fingerprint density at radius 2 is 2.10 bits per heavy atom. The number of hydrogen-bond acceptors (Lipinski definition) is 3. The lowest BCUT2D eigenvalue weighted by Crippen LogP contribution is -2.29. The van der Waals surface area contributed by atoms with Gasteiger partial charge in [-0.25, -0.2) is 13.6 Å². The summed E-state index contributed by atoms with van der Waals surface area (Å²) in [6, 6.07) is 3.90. The van der Waals surface area contributed by atoms with Crippen molar-refractivity contribution in [1.29, 1.82) is 0 Å². The molecule has 2 atom stereocenters. The van der Waals surface area contributed by atoms with E-state index in [1.54, 1.807) is 11.9 Å². The van der Waals surface area contributed by atoms with Crippen molar-refractivity contribution in [2.24, 2.45) is 17.0 Å². The third-order valence-corrected chi connectivity index (χ3v) is 4.87. The molecule has 5 nitrogen and oxygen atoms in total. The Morgan fingerprint density at radius 1 is 1.50 bits per heavy atom. The SMILES string of the molecule is CC1CC1CN(C)C(=O)c1cc(S(N)(=O)=O)ccc1Cl. The lowest BCUT2D eigenvalue weighted by molar-refractivity contribution is 0.0787. The van der Waals surface area contributed by atoms with Crippen LogP contribution >= 0.6 is 11.6 Å². The van der Waals surface area contributed by atoms with E-state index in [2.05, 4.69) is 6.92 Å². The van der Waals surface area contributed by atoms with Gasteiger partial charge in [0.1, 0.15) is 0 Å².